The summed E-state index contributed by atoms with van der Waals surface area (Å²) < 4.78 is 11.2. The van der Waals surface area contributed by atoms with Crippen molar-refractivity contribution in [2.75, 3.05) is 13.2 Å². The topological polar surface area (TPSA) is 18.5 Å². The van der Waals surface area contributed by atoms with Crippen LogP contribution in [-0.2, 0) is 9.47 Å². The highest BCUT2D eigenvalue weighted by atomic mass is 16.7. The molecule has 0 aromatic carbocycles. The van der Waals surface area contributed by atoms with E-state index in [2.05, 4.69) is 33.4 Å². The van der Waals surface area contributed by atoms with Gasteiger partial charge in [0.25, 0.3) is 0 Å². The normalized spacial score (nSPS) is 19.5. The molecule has 2 heteroatoms. The molecule has 0 aromatic rings. The van der Waals surface area contributed by atoms with E-state index < -0.39 is 0 Å². The fourth-order valence-electron chi connectivity index (χ4n) is 2.03. The number of rotatable bonds is 7. The van der Waals surface area contributed by atoms with Crippen LogP contribution in [0.4, 0.5) is 0 Å². The molecule has 1 aliphatic rings. The van der Waals surface area contributed by atoms with Crippen LogP contribution >= 0.6 is 0 Å². The zero-order valence-electron chi connectivity index (χ0n) is 12.4. The fourth-order valence-corrected chi connectivity index (χ4v) is 2.03. The Morgan fingerprint density at radius 1 is 1.28 bits per heavy atom. The van der Waals surface area contributed by atoms with Crippen molar-refractivity contribution in [3.63, 3.8) is 0 Å². The van der Waals surface area contributed by atoms with Crippen molar-refractivity contribution in [3.8, 4) is 0 Å². The molecule has 0 amide bonds. The molecule has 0 atom stereocenters. The van der Waals surface area contributed by atoms with Crippen molar-refractivity contribution < 1.29 is 9.47 Å². The maximum Gasteiger partial charge on any atom is 0.166 e. The lowest BCUT2D eigenvalue weighted by Gasteiger charge is -2.21. The molecule has 0 saturated carbocycles. The molecule has 18 heavy (non-hydrogen) atoms. The van der Waals surface area contributed by atoms with E-state index in [1.165, 1.54) is 11.1 Å². The molecule has 0 unspecified atom stereocenters. The summed E-state index contributed by atoms with van der Waals surface area (Å²) in [6, 6.07) is 0. The SMILES string of the molecule is C=C(CC/C(C)=C\CCC1(C)OCCO1)C(C)C. The Hall–Kier alpha value is -0.600. The highest BCUT2D eigenvalue weighted by Gasteiger charge is 2.29. The van der Waals surface area contributed by atoms with Gasteiger partial charge in [-0.25, -0.2) is 0 Å². The van der Waals surface area contributed by atoms with Crippen molar-refractivity contribution in [3.05, 3.63) is 23.8 Å². The highest BCUT2D eigenvalue weighted by Crippen LogP contribution is 2.25. The van der Waals surface area contributed by atoms with Crippen molar-refractivity contribution >= 4 is 0 Å². The molecule has 0 N–H and O–H groups in total. The fraction of sp³-hybridized carbons (Fsp3) is 0.750. The average molecular weight is 252 g/mol. The van der Waals surface area contributed by atoms with Gasteiger partial charge in [0.2, 0.25) is 0 Å². The Morgan fingerprint density at radius 2 is 1.89 bits per heavy atom. The maximum absolute atomic E-state index is 5.59. The Morgan fingerprint density at radius 3 is 2.44 bits per heavy atom. The minimum atomic E-state index is -0.349. The molecule has 2 nitrogen and oxygen atoms in total. The number of hydrogen-bond acceptors (Lipinski definition) is 2. The summed E-state index contributed by atoms with van der Waals surface area (Å²) in [4.78, 5) is 0. The summed E-state index contributed by atoms with van der Waals surface area (Å²) in [5.41, 5.74) is 2.79. The van der Waals surface area contributed by atoms with Gasteiger partial charge in [0.05, 0.1) is 13.2 Å². The lowest BCUT2D eigenvalue weighted by atomic mass is 9.97. The van der Waals surface area contributed by atoms with Gasteiger partial charge in [-0.15, -0.1) is 0 Å². The van der Waals surface area contributed by atoms with Crippen molar-refractivity contribution in [1.29, 1.82) is 0 Å². The molecule has 0 aliphatic carbocycles. The third kappa shape index (κ3) is 5.36. The highest BCUT2D eigenvalue weighted by molar-refractivity contribution is 5.05. The van der Waals surface area contributed by atoms with E-state index in [0.717, 1.165) is 38.9 Å². The second-order valence-electron chi connectivity index (χ2n) is 5.73. The Bertz CT molecular complexity index is 296. The van der Waals surface area contributed by atoms with Gasteiger partial charge in [-0.2, -0.15) is 0 Å². The molecule has 1 heterocycles. The molecule has 0 radical (unpaired) electrons. The third-order valence-corrected chi connectivity index (χ3v) is 3.65. The van der Waals surface area contributed by atoms with E-state index in [-0.39, 0.29) is 5.79 Å². The Labute approximate surface area is 112 Å². The molecule has 1 rings (SSSR count). The van der Waals surface area contributed by atoms with E-state index in [1.807, 2.05) is 6.92 Å². The first-order valence-corrected chi connectivity index (χ1v) is 7.04. The third-order valence-electron chi connectivity index (χ3n) is 3.65. The van der Waals surface area contributed by atoms with E-state index in [0.29, 0.717) is 5.92 Å². The lowest BCUT2D eigenvalue weighted by molar-refractivity contribution is -0.145. The van der Waals surface area contributed by atoms with Crippen LogP contribution in [0.15, 0.2) is 23.8 Å². The predicted molar refractivity (Wildman–Crippen MR) is 76.5 cm³/mol. The van der Waals surface area contributed by atoms with E-state index >= 15 is 0 Å². The summed E-state index contributed by atoms with van der Waals surface area (Å²) in [5.74, 6) is 0.246. The zero-order valence-corrected chi connectivity index (χ0v) is 12.4. The van der Waals surface area contributed by atoms with E-state index in [1.54, 1.807) is 0 Å². The molecule has 1 fully saturated rings. The first kappa shape index (κ1) is 15.5. The van der Waals surface area contributed by atoms with Crippen LogP contribution in [0.25, 0.3) is 0 Å². The zero-order chi connectivity index (χ0) is 13.6. The number of hydrogen-bond donors (Lipinski definition) is 0. The molecule has 0 spiro atoms. The maximum atomic E-state index is 5.59. The first-order valence-electron chi connectivity index (χ1n) is 7.04. The van der Waals surface area contributed by atoms with Crippen molar-refractivity contribution in [1.82, 2.24) is 0 Å². The predicted octanol–water partition coefficient (Wildman–Crippen LogP) is 4.47. The van der Waals surface area contributed by atoms with E-state index in [4.69, 9.17) is 9.47 Å². The molecule has 1 aliphatic heterocycles. The average Bonchev–Trinajstić information content (AvgIpc) is 2.73. The summed E-state index contributed by atoms with van der Waals surface area (Å²) >= 11 is 0. The smallest absolute Gasteiger partial charge is 0.166 e. The minimum Gasteiger partial charge on any atom is -0.348 e. The molecular weight excluding hydrogens is 224 g/mol. The number of ether oxygens (including phenoxy) is 2. The van der Waals surface area contributed by atoms with Gasteiger partial charge in [-0.05, 0) is 39.0 Å². The molecule has 0 bridgehead atoms. The van der Waals surface area contributed by atoms with Gasteiger partial charge in [0, 0.05) is 6.42 Å². The Kier molecular flexibility index (Phi) is 6.10. The van der Waals surface area contributed by atoms with Gasteiger partial charge in [-0.1, -0.05) is 37.6 Å². The van der Waals surface area contributed by atoms with Crippen LogP contribution in [0.5, 0.6) is 0 Å². The van der Waals surface area contributed by atoms with Crippen LogP contribution in [0, 0.1) is 5.92 Å². The van der Waals surface area contributed by atoms with Crippen molar-refractivity contribution in [2.24, 2.45) is 5.92 Å². The van der Waals surface area contributed by atoms with Gasteiger partial charge in [0.15, 0.2) is 5.79 Å². The van der Waals surface area contributed by atoms with E-state index in [9.17, 15) is 0 Å². The van der Waals surface area contributed by atoms with Crippen LogP contribution in [-0.4, -0.2) is 19.0 Å². The van der Waals surface area contributed by atoms with Gasteiger partial charge in [-0.3, -0.25) is 0 Å². The monoisotopic (exact) mass is 252 g/mol. The van der Waals surface area contributed by atoms with Gasteiger partial charge in [0.1, 0.15) is 0 Å². The van der Waals surface area contributed by atoms with Crippen molar-refractivity contribution in [2.45, 2.75) is 59.2 Å². The van der Waals surface area contributed by atoms with Crippen LogP contribution in [0.3, 0.4) is 0 Å². The largest absolute Gasteiger partial charge is 0.348 e. The minimum absolute atomic E-state index is 0.349. The molecule has 0 aromatic heterocycles. The quantitative estimate of drug-likeness (QED) is 0.622. The second-order valence-corrected chi connectivity index (χ2v) is 5.73. The number of allylic oxidation sites excluding steroid dienone is 3. The molecule has 104 valence electrons. The van der Waals surface area contributed by atoms with Gasteiger partial charge >= 0.3 is 0 Å². The van der Waals surface area contributed by atoms with Crippen LogP contribution < -0.4 is 0 Å². The van der Waals surface area contributed by atoms with Crippen LogP contribution in [0.2, 0.25) is 0 Å². The van der Waals surface area contributed by atoms with Crippen LogP contribution in [0.1, 0.15) is 53.4 Å². The standard InChI is InChI=1S/C16H28O2/c1-13(2)15(4)9-8-14(3)7-6-10-16(5)17-11-12-18-16/h7,13H,4,6,8-12H2,1-3,5H3/b14-7-. The first-order chi connectivity index (χ1) is 8.43. The van der Waals surface area contributed by atoms with Gasteiger partial charge < -0.3 is 9.47 Å². The molecular formula is C16H28O2. The summed E-state index contributed by atoms with van der Waals surface area (Å²) in [6.07, 6.45) is 6.50. The Balaban J connectivity index is 2.23. The summed E-state index contributed by atoms with van der Waals surface area (Å²) in [5, 5.41) is 0. The summed E-state index contributed by atoms with van der Waals surface area (Å²) in [7, 11) is 0. The lowest BCUT2D eigenvalue weighted by Crippen LogP contribution is -2.24. The second kappa shape index (κ2) is 7.10. The molecule has 1 saturated heterocycles. The summed E-state index contributed by atoms with van der Waals surface area (Å²) in [6.45, 7) is 14.2.